The highest BCUT2D eigenvalue weighted by molar-refractivity contribution is 6.12. The molecule has 3 aromatic heterocycles. The number of carbonyl (C=O) groups excluding carboxylic acids is 1. The van der Waals surface area contributed by atoms with E-state index in [-0.39, 0.29) is 11.0 Å². The summed E-state index contributed by atoms with van der Waals surface area (Å²) in [6, 6.07) is 3.24. The van der Waals surface area contributed by atoms with Crippen LogP contribution in [0.5, 0.6) is 0 Å². The highest BCUT2D eigenvalue weighted by Gasteiger charge is 2.23. The van der Waals surface area contributed by atoms with Gasteiger partial charge in [-0.3, -0.25) is 14.0 Å². The molecular weight excluding hydrogens is 294 g/mol. The molecule has 116 valence electrons. The summed E-state index contributed by atoms with van der Waals surface area (Å²) in [6.07, 6.45) is 0. The normalized spacial score (nSPS) is 11.8. The Morgan fingerprint density at radius 3 is 2.57 bits per heavy atom. The molecule has 0 aliphatic heterocycles. The molecule has 0 saturated carbocycles. The first-order chi connectivity index (χ1) is 10.9. The largest absolute Gasteiger partial charge is 0.365 e. The lowest BCUT2D eigenvalue weighted by Gasteiger charge is -2.04. The Balaban J connectivity index is 2.41. The van der Waals surface area contributed by atoms with E-state index < -0.39 is 5.91 Å². The van der Waals surface area contributed by atoms with Crippen molar-refractivity contribution >= 4 is 33.8 Å². The number of nitrogens with one attached hydrogen (secondary N) is 2. The van der Waals surface area contributed by atoms with Gasteiger partial charge < -0.3 is 15.7 Å². The number of imidazole rings is 1. The molecule has 3 heterocycles. The fourth-order valence-corrected chi connectivity index (χ4v) is 3.07. The molecule has 0 aliphatic carbocycles. The van der Waals surface area contributed by atoms with Gasteiger partial charge in [0, 0.05) is 11.4 Å². The van der Waals surface area contributed by atoms with E-state index in [0.29, 0.717) is 27.8 Å². The number of rotatable bonds is 1. The molecule has 4 aromatic rings. The second-order valence-electron chi connectivity index (χ2n) is 5.81. The second-order valence-corrected chi connectivity index (χ2v) is 5.81. The molecule has 4 rings (SSSR count). The summed E-state index contributed by atoms with van der Waals surface area (Å²) >= 11 is 0. The van der Waals surface area contributed by atoms with Crippen LogP contribution in [0.15, 0.2) is 16.9 Å². The number of hydrogen-bond acceptors (Lipinski definition) is 3. The average Bonchev–Trinajstić information content (AvgIpc) is 2.99. The molecule has 23 heavy (non-hydrogen) atoms. The molecular formula is C16H15N5O2. The van der Waals surface area contributed by atoms with Gasteiger partial charge in [-0.05, 0) is 32.4 Å². The van der Waals surface area contributed by atoms with E-state index in [1.54, 1.807) is 10.5 Å². The Hall–Kier alpha value is -3.09. The molecule has 1 amide bonds. The van der Waals surface area contributed by atoms with Gasteiger partial charge in [0.15, 0.2) is 5.65 Å². The maximum absolute atomic E-state index is 12.1. The molecule has 0 radical (unpaired) electrons. The predicted octanol–water partition coefficient (Wildman–Crippen LogP) is 1.68. The van der Waals surface area contributed by atoms with Gasteiger partial charge in [-0.2, -0.15) is 0 Å². The fourth-order valence-electron chi connectivity index (χ4n) is 3.07. The second kappa shape index (κ2) is 4.22. The molecule has 0 unspecified atom stereocenters. The van der Waals surface area contributed by atoms with Crippen LogP contribution in [0, 0.1) is 20.8 Å². The highest BCUT2D eigenvalue weighted by atomic mass is 16.1. The molecule has 0 aliphatic rings. The summed E-state index contributed by atoms with van der Waals surface area (Å²) < 4.78 is 1.80. The number of benzene rings is 1. The minimum Gasteiger partial charge on any atom is -0.365 e. The fraction of sp³-hybridized carbons (Fsp3) is 0.188. The average molecular weight is 309 g/mol. The van der Waals surface area contributed by atoms with E-state index in [1.165, 1.54) is 6.07 Å². The lowest BCUT2D eigenvalue weighted by atomic mass is 10.2. The molecule has 0 fully saturated rings. The third-order valence-electron chi connectivity index (χ3n) is 4.33. The number of aromatic nitrogens is 4. The van der Waals surface area contributed by atoms with Crippen molar-refractivity contribution in [1.29, 1.82) is 0 Å². The number of H-pyrrole nitrogens is 2. The molecule has 1 aromatic carbocycles. The van der Waals surface area contributed by atoms with Gasteiger partial charge >= 0.3 is 0 Å². The first-order valence-electron chi connectivity index (χ1n) is 7.23. The van der Waals surface area contributed by atoms with Crippen molar-refractivity contribution in [3.63, 3.8) is 0 Å². The Morgan fingerprint density at radius 1 is 1.17 bits per heavy atom. The lowest BCUT2D eigenvalue weighted by molar-refractivity contribution is 0.100. The molecule has 0 saturated heterocycles. The summed E-state index contributed by atoms with van der Waals surface area (Å²) in [5.74, 6) is -0.585. The predicted molar refractivity (Wildman–Crippen MR) is 87.9 cm³/mol. The summed E-state index contributed by atoms with van der Waals surface area (Å²) in [7, 11) is 0. The van der Waals surface area contributed by atoms with Crippen LogP contribution in [0.3, 0.4) is 0 Å². The zero-order chi connectivity index (χ0) is 16.5. The van der Waals surface area contributed by atoms with Crippen molar-refractivity contribution in [2.24, 2.45) is 5.73 Å². The number of nitrogens with zero attached hydrogens (tertiary/aromatic N) is 2. The number of hydrogen-bond donors (Lipinski definition) is 3. The Labute approximate surface area is 130 Å². The van der Waals surface area contributed by atoms with Crippen LogP contribution in [0.25, 0.3) is 27.8 Å². The maximum Gasteiger partial charge on any atom is 0.254 e. The van der Waals surface area contributed by atoms with Crippen LogP contribution in [0.4, 0.5) is 0 Å². The monoisotopic (exact) mass is 309 g/mol. The van der Waals surface area contributed by atoms with E-state index >= 15 is 0 Å². The third kappa shape index (κ3) is 1.61. The van der Waals surface area contributed by atoms with Crippen molar-refractivity contribution < 1.29 is 4.79 Å². The van der Waals surface area contributed by atoms with Gasteiger partial charge in [-0.15, -0.1) is 0 Å². The smallest absolute Gasteiger partial charge is 0.254 e. The van der Waals surface area contributed by atoms with E-state index in [2.05, 4.69) is 15.0 Å². The van der Waals surface area contributed by atoms with Crippen molar-refractivity contribution in [3.05, 3.63) is 44.9 Å². The van der Waals surface area contributed by atoms with Crippen LogP contribution in [0.1, 0.15) is 27.3 Å². The van der Waals surface area contributed by atoms with Crippen molar-refractivity contribution in [3.8, 4) is 0 Å². The lowest BCUT2D eigenvalue weighted by Crippen LogP contribution is -2.11. The van der Waals surface area contributed by atoms with E-state index in [1.807, 2.05) is 20.8 Å². The van der Waals surface area contributed by atoms with Crippen LogP contribution < -0.4 is 11.2 Å². The topological polar surface area (TPSA) is 109 Å². The number of aryl methyl sites for hydroxylation is 3. The van der Waals surface area contributed by atoms with Crippen LogP contribution in [0.2, 0.25) is 0 Å². The number of nitrogens with two attached hydrogens (primary N) is 1. The molecule has 4 N–H and O–H groups in total. The minimum absolute atomic E-state index is 0.175. The summed E-state index contributed by atoms with van der Waals surface area (Å²) in [5.41, 5.74) is 11.1. The van der Waals surface area contributed by atoms with Crippen LogP contribution >= 0.6 is 0 Å². The van der Waals surface area contributed by atoms with Gasteiger partial charge in [-0.1, -0.05) is 6.07 Å². The minimum atomic E-state index is -0.585. The van der Waals surface area contributed by atoms with Crippen LogP contribution in [-0.4, -0.2) is 25.3 Å². The Kier molecular flexibility index (Phi) is 2.49. The van der Waals surface area contributed by atoms with Crippen molar-refractivity contribution in [1.82, 2.24) is 19.4 Å². The van der Waals surface area contributed by atoms with Gasteiger partial charge in [0.1, 0.15) is 16.7 Å². The first kappa shape index (κ1) is 13.6. The van der Waals surface area contributed by atoms with Crippen molar-refractivity contribution in [2.75, 3.05) is 0 Å². The number of primary amides is 1. The number of carbonyl (C=O) groups is 1. The number of aromatic amines is 2. The molecule has 0 atom stereocenters. The third-order valence-corrected chi connectivity index (χ3v) is 4.33. The number of amides is 1. The molecule has 7 heteroatoms. The quantitative estimate of drug-likeness (QED) is 0.497. The van der Waals surface area contributed by atoms with E-state index in [0.717, 1.165) is 17.0 Å². The van der Waals surface area contributed by atoms with Gasteiger partial charge in [0.05, 0.1) is 11.0 Å². The Bertz CT molecular complexity index is 1190. The van der Waals surface area contributed by atoms with Gasteiger partial charge in [0.2, 0.25) is 5.43 Å². The van der Waals surface area contributed by atoms with Crippen LogP contribution in [-0.2, 0) is 0 Å². The van der Waals surface area contributed by atoms with E-state index in [9.17, 15) is 9.59 Å². The number of fused-ring (bicyclic) bond motifs is 5. The standard InChI is InChI=1S/C16H15N5O2/c1-6-4-5-9(22)11-13(6)21-15(20-11)10(14(17)23)12-16(21)19-8(3)7(2)18-12/h4-5,18-19H,1-3H3,(H2,17,23). The van der Waals surface area contributed by atoms with E-state index in [4.69, 9.17) is 5.73 Å². The summed E-state index contributed by atoms with van der Waals surface area (Å²) in [6.45, 7) is 5.74. The highest BCUT2D eigenvalue weighted by Crippen LogP contribution is 2.29. The molecule has 0 bridgehead atoms. The molecule has 0 spiro atoms. The van der Waals surface area contributed by atoms with Crippen molar-refractivity contribution in [2.45, 2.75) is 20.8 Å². The summed E-state index contributed by atoms with van der Waals surface area (Å²) in [4.78, 5) is 35.0. The van der Waals surface area contributed by atoms with Gasteiger partial charge in [-0.25, -0.2) is 4.98 Å². The summed E-state index contributed by atoms with van der Waals surface area (Å²) in [5, 5.41) is 0. The zero-order valence-electron chi connectivity index (χ0n) is 12.9. The molecule has 7 nitrogen and oxygen atoms in total. The Morgan fingerprint density at radius 2 is 1.87 bits per heavy atom. The first-order valence-corrected chi connectivity index (χ1v) is 7.23. The zero-order valence-corrected chi connectivity index (χ0v) is 12.9. The maximum atomic E-state index is 12.1. The van der Waals surface area contributed by atoms with Gasteiger partial charge in [0.25, 0.3) is 5.91 Å². The SMILES string of the molecule is Cc1[nH]c2c(C(N)=O)c3nc4c(=O)ccc(C)c4n3c2[nH]c1C.